The topological polar surface area (TPSA) is 50.6 Å². The lowest BCUT2D eigenvalue weighted by molar-refractivity contribution is -0.127. The number of nitriles is 1. The largest absolute Gasteiger partial charge is 0.373 e. The third kappa shape index (κ3) is 4.33. The molecule has 1 amide bonds. The van der Waals surface area contributed by atoms with Crippen molar-refractivity contribution in [2.24, 2.45) is 0 Å². The van der Waals surface area contributed by atoms with Gasteiger partial charge in [0.1, 0.15) is 11.6 Å². The van der Waals surface area contributed by atoms with E-state index in [0.717, 1.165) is 52.1 Å². The lowest BCUT2D eigenvalue weighted by atomic mass is 10.1. The van der Waals surface area contributed by atoms with Gasteiger partial charge in [-0.15, -0.1) is 0 Å². The number of hydrogen-bond donors (Lipinski definition) is 0. The van der Waals surface area contributed by atoms with Gasteiger partial charge in [-0.3, -0.25) is 4.79 Å². The van der Waals surface area contributed by atoms with Crippen molar-refractivity contribution in [1.82, 2.24) is 9.80 Å². The summed E-state index contributed by atoms with van der Waals surface area (Å²) in [5.41, 5.74) is 2.78. The quantitative estimate of drug-likeness (QED) is 0.628. The second-order valence-electron chi connectivity index (χ2n) is 6.87. The highest BCUT2D eigenvalue weighted by Gasteiger charge is 2.22. The third-order valence-corrected chi connectivity index (χ3v) is 4.99. The van der Waals surface area contributed by atoms with E-state index in [9.17, 15) is 10.1 Å². The Balaban J connectivity index is 1.60. The van der Waals surface area contributed by atoms with E-state index in [2.05, 4.69) is 47.1 Å². The standard InChI is InChI=1S/C20H26N4O/c1-17-6-5-7-19(14-17)23-12-10-22(11-13-23)16-18(15-21)20(25)24-8-3-2-4-9-24/h5-7,14,16H,2-4,8-13H2,1H3/b18-16-. The van der Waals surface area contributed by atoms with Crippen molar-refractivity contribution < 1.29 is 4.79 Å². The minimum absolute atomic E-state index is 0.108. The molecule has 0 spiro atoms. The SMILES string of the molecule is Cc1cccc(N2CCN(/C=C(/C#N)C(=O)N3CCCCC3)CC2)c1. The molecule has 0 aromatic heterocycles. The van der Waals surface area contributed by atoms with Gasteiger partial charge in [0, 0.05) is 51.2 Å². The second kappa shape index (κ2) is 8.06. The zero-order valence-electron chi connectivity index (χ0n) is 14.9. The van der Waals surface area contributed by atoms with Gasteiger partial charge in [-0.25, -0.2) is 0 Å². The van der Waals surface area contributed by atoms with Crippen molar-refractivity contribution in [2.45, 2.75) is 26.2 Å². The number of amides is 1. The summed E-state index contributed by atoms with van der Waals surface area (Å²) in [5, 5.41) is 9.42. The molecule has 5 nitrogen and oxygen atoms in total. The molecule has 0 aliphatic carbocycles. The van der Waals surface area contributed by atoms with Crippen LogP contribution in [-0.2, 0) is 4.79 Å². The third-order valence-electron chi connectivity index (χ3n) is 4.99. The maximum absolute atomic E-state index is 12.5. The molecule has 0 unspecified atom stereocenters. The molecule has 0 bridgehead atoms. The number of hydrogen-bond acceptors (Lipinski definition) is 4. The number of rotatable bonds is 3. The number of carbonyl (C=O) groups is 1. The molecule has 2 heterocycles. The summed E-state index contributed by atoms with van der Waals surface area (Å²) in [6.07, 6.45) is 5.03. The summed E-state index contributed by atoms with van der Waals surface area (Å²) in [6, 6.07) is 10.6. The maximum atomic E-state index is 12.5. The van der Waals surface area contributed by atoms with Crippen LogP contribution < -0.4 is 4.90 Å². The first-order chi connectivity index (χ1) is 12.2. The summed E-state index contributed by atoms with van der Waals surface area (Å²) in [5.74, 6) is -0.108. The van der Waals surface area contributed by atoms with E-state index in [0.29, 0.717) is 0 Å². The highest BCUT2D eigenvalue weighted by molar-refractivity contribution is 5.97. The molecule has 2 saturated heterocycles. The van der Waals surface area contributed by atoms with Crippen LogP contribution >= 0.6 is 0 Å². The maximum Gasteiger partial charge on any atom is 0.266 e. The molecule has 2 fully saturated rings. The molecular formula is C20H26N4O. The smallest absolute Gasteiger partial charge is 0.266 e. The van der Waals surface area contributed by atoms with E-state index in [1.54, 1.807) is 6.20 Å². The molecule has 2 aliphatic heterocycles. The van der Waals surface area contributed by atoms with Gasteiger partial charge >= 0.3 is 0 Å². The van der Waals surface area contributed by atoms with Gasteiger partial charge in [-0.05, 0) is 43.9 Å². The molecule has 2 aliphatic rings. The van der Waals surface area contributed by atoms with E-state index in [1.807, 2.05) is 4.90 Å². The van der Waals surface area contributed by atoms with Crippen LogP contribution in [0.4, 0.5) is 5.69 Å². The molecule has 132 valence electrons. The Kier molecular flexibility index (Phi) is 5.60. The van der Waals surface area contributed by atoms with E-state index in [1.165, 1.54) is 17.7 Å². The molecule has 1 aromatic rings. The first-order valence-corrected chi connectivity index (χ1v) is 9.14. The Morgan fingerprint density at radius 3 is 2.44 bits per heavy atom. The van der Waals surface area contributed by atoms with E-state index in [-0.39, 0.29) is 11.5 Å². The van der Waals surface area contributed by atoms with Gasteiger partial charge in [0.05, 0.1) is 0 Å². The van der Waals surface area contributed by atoms with Crippen LogP contribution in [0.5, 0.6) is 0 Å². The van der Waals surface area contributed by atoms with Crippen LogP contribution in [0.3, 0.4) is 0 Å². The lowest BCUT2D eigenvalue weighted by Gasteiger charge is -2.36. The molecule has 25 heavy (non-hydrogen) atoms. The highest BCUT2D eigenvalue weighted by Crippen LogP contribution is 2.18. The molecule has 0 saturated carbocycles. The molecule has 0 N–H and O–H groups in total. The first-order valence-electron chi connectivity index (χ1n) is 9.14. The van der Waals surface area contributed by atoms with Crippen molar-refractivity contribution in [3.63, 3.8) is 0 Å². The van der Waals surface area contributed by atoms with Gasteiger partial charge in [0.15, 0.2) is 0 Å². The van der Waals surface area contributed by atoms with Gasteiger partial charge in [0.2, 0.25) is 0 Å². The van der Waals surface area contributed by atoms with Crippen molar-refractivity contribution in [3.05, 3.63) is 41.6 Å². The monoisotopic (exact) mass is 338 g/mol. The van der Waals surface area contributed by atoms with Crippen LogP contribution in [0.25, 0.3) is 0 Å². The summed E-state index contributed by atoms with van der Waals surface area (Å²) < 4.78 is 0. The Morgan fingerprint density at radius 2 is 1.80 bits per heavy atom. The number of piperazine rings is 1. The number of piperidine rings is 1. The zero-order valence-corrected chi connectivity index (χ0v) is 14.9. The minimum Gasteiger partial charge on any atom is -0.373 e. The van der Waals surface area contributed by atoms with Crippen LogP contribution in [0.2, 0.25) is 0 Å². The fraction of sp³-hybridized carbons (Fsp3) is 0.500. The molecule has 0 radical (unpaired) electrons. The Morgan fingerprint density at radius 1 is 1.08 bits per heavy atom. The molecule has 5 heteroatoms. The van der Waals surface area contributed by atoms with Crippen LogP contribution in [-0.4, -0.2) is 55.0 Å². The Bertz CT molecular complexity index is 677. The number of nitrogens with zero attached hydrogens (tertiary/aromatic N) is 4. The fourth-order valence-corrected chi connectivity index (χ4v) is 3.52. The van der Waals surface area contributed by atoms with E-state index >= 15 is 0 Å². The van der Waals surface area contributed by atoms with Gasteiger partial charge in [-0.1, -0.05) is 12.1 Å². The van der Waals surface area contributed by atoms with Crippen molar-refractivity contribution >= 4 is 11.6 Å². The molecule has 3 rings (SSSR count). The van der Waals surface area contributed by atoms with E-state index in [4.69, 9.17) is 0 Å². The highest BCUT2D eigenvalue weighted by atomic mass is 16.2. The Labute approximate surface area is 150 Å². The summed E-state index contributed by atoms with van der Waals surface area (Å²) >= 11 is 0. The number of aryl methyl sites for hydroxylation is 1. The summed E-state index contributed by atoms with van der Waals surface area (Å²) in [6.45, 7) is 7.11. The normalized spacial score (nSPS) is 18.9. The van der Waals surface area contributed by atoms with Gasteiger partial charge in [-0.2, -0.15) is 5.26 Å². The average Bonchev–Trinajstić information content (AvgIpc) is 2.67. The predicted octanol–water partition coefficient (Wildman–Crippen LogP) is 2.54. The van der Waals surface area contributed by atoms with E-state index < -0.39 is 0 Å². The van der Waals surface area contributed by atoms with Gasteiger partial charge < -0.3 is 14.7 Å². The number of likely N-dealkylation sites (tertiary alicyclic amines) is 1. The Hall–Kier alpha value is -2.48. The predicted molar refractivity (Wildman–Crippen MR) is 99.1 cm³/mol. The van der Waals surface area contributed by atoms with Gasteiger partial charge in [0.25, 0.3) is 5.91 Å². The lowest BCUT2D eigenvalue weighted by Crippen LogP contribution is -2.44. The van der Waals surface area contributed by atoms with Crippen molar-refractivity contribution in [3.8, 4) is 6.07 Å². The number of anilines is 1. The van der Waals surface area contributed by atoms with Crippen LogP contribution in [0, 0.1) is 18.3 Å². The van der Waals surface area contributed by atoms with Crippen molar-refractivity contribution in [2.75, 3.05) is 44.2 Å². The average molecular weight is 338 g/mol. The molecular weight excluding hydrogens is 312 g/mol. The molecule has 0 atom stereocenters. The fourth-order valence-electron chi connectivity index (χ4n) is 3.52. The second-order valence-corrected chi connectivity index (χ2v) is 6.87. The van der Waals surface area contributed by atoms with Crippen LogP contribution in [0.15, 0.2) is 36.0 Å². The molecule has 1 aromatic carbocycles. The number of carbonyl (C=O) groups excluding carboxylic acids is 1. The summed E-state index contributed by atoms with van der Waals surface area (Å²) in [4.78, 5) is 18.8. The van der Waals surface area contributed by atoms with Crippen LogP contribution in [0.1, 0.15) is 24.8 Å². The zero-order chi connectivity index (χ0) is 17.6. The minimum atomic E-state index is -0.108. The summed E-state index contributed by atoms with van der Waals surface area (Å²) in [7, 11) is 0. The first kappa shape index (κ1) is 17.3. The number of benzene rings is 1. The van der Waals surface area contributed by atoms with Crippen molar-refractivity contribution in [1.29, 1.82) is 5.26 Å².